The Hall–Kier alpha value is 0.580. The smallest absolute Gasteiger partial charge is 0.0843 e. The highest BCUT2D eigenvalue weighted by Gasteiger charge is 2.40. The van der Waals surface area contributed by atoms with Gasteiger partial charge in [-0.2, -0.15) is 0 Å². The fourth-order valence-corrected chi connectivity index (χ4v) is 5.61. The molecule has 0 amide bonds. The molecular weight excluding hydrogens is 388 g/mol. The number of thiophene rings is 1. The Morgan fingerprint density at radius 3 is 2.74 bits per heavy atom. The van der Waals surface area contributed by atoms with E-state index < -0.39 is 0 Å². The lowest BCUT2D eigenvalue weighted by Crippen LogP contribution is -2.42. The van der Waals surface area contributed by atoms with Gasteiger partial charge in [0, 0.05) is 21.4 Å². The van der Waals surface area contributed by atoms with Gasteiger partial charge < -0.3 is 5.32 Å². The van der Waals surface area contributed by atoms with E-state index in [1.165, 1.54) is 45.4 Å². The SMILES string of the molecule is CNCC1CCCN(C2CC2)C1c1cc(Br)c(Br)s1. The Kier molecular flexibility index (Phi) is 4.69. The molecule has 1 aliphatic carbocycles. The summed E-state index contributed by atoms with van der Waals surface area (Å²) in [6, 6.07) is 3.79. The average molecular weight is 408 g/mol. The molecule has 3 rings (SSSR count). The zero-order chi connectivity index (χ0) is 13.4. The van der Waals surface area contributed by atoms with Crippen molar-refractivity contribution in [3.05, 3.63) is 19.2 Å². The Labute approximate surface area is 136 Å². The van der Waals surface area contributed by atoms with Crippen molar-refractivity contribution in [1.29, 1.82) is 0 Å². The second-order valence-corrected chi connectivity index (χ2v) is 8.90. The quantitative estimate of drug-likeness (QED) is 0.795. The second-order valence-electron chi connectivity index (χ2n) is 5.64. The van der Waals surface area contributed by atoms with Gasteiger partial charge in [0.2, 0.25) is 0 Å². The molecule has 1 N–H and O–H groups in total. The van der Waals surface area contributed by atoms with Crippen molar-refractivity contribution in [3.8, 4) is 0 Å². The maximum Gasteiger partial charge on any atom is 0.0843 e. The van der Waals surface area contributed by atoms with Crippen LogP contribution in [-0.2, 0) is 0 Å². The minimum atomic E-state index is 0.612. The molecule has 106 valence electrons. The minimum absolute atomic E-state index is 0.612. The summed E-state index contributed by atoms with van der Waals surface area (Å²) in [6.07, 6.45) is 5.50. The van der Waals surface area contributed by atoms with Gasteiger partial charge in [-0.05, 0) is 89.7 Å². The van der Waals surface area contributed by atoms with Crippen LogP contribution in [-0.4, -0.2) is 31.1 Å². The van der Waals surface area contributed by atoms with E-state index in [1.54, 1.807) is 0 Å². The van der Waals surface area contributed by atoms with Crippen molar-refractivity contribution in [2.75, 3.05) is 20.1 Å². The third-order valence-corrected chi connectivity index (χ3v) is 7.56. The number of likely N-dealkylation sites (tertiary alicyclic amines) is 1. The highest BCUT2D eigenvalue weighted by molar-refractivity contribution is 9.13. The van der Waals surface area contributed by atoms with E-state index in [4.69, 9.17) is 0 Å². The fourth-order valence-electron chi connectivity index (χ4n) is 3.30. The Morgan fingerprint density at radius 1 is 1.37 bits per heavy atom. The third kappa shape index (κ3) is 3.10. The average Bonchev–Trinajstić information content (AvgIpc) is 3.17. The summed E-state index contributed by atoms with van der Waals surface area (Å²) in [4.78, 5) is 4.29. The predicted molar refractivity (Wildman–Crippen MR) is 88.8 cm³/mol. The van der Waals surface area contributed by atoms with Gasteiger partial charge in [0.15, 0.2) is 0 Å². The summed E-state index contributed by atoms with van der Waals surface area (Å²) in [5.74, 6) is 0.747. The van der Waals surface area contributed by atoms with Crippen LogP contribution in [0.2, 0.25) is 0 Å². The van der Waals surface area contributed by atoms with Gasteiger partial charge in [-0.15, -0.1) is 11.3 Å². The largest absolute Gasteiger partial charge is 0.319 e. The highest BCUT2D eigenvalue weighted by Crippen LogP contribution is 2.46. The molecule has 1 aromatic heterocycles. The molecule has 1 aliphatic heterocycles. The van der Waals surface area contributed by atoms with E-state index in [2.05, 4.69) is 55.2 Å². The zero-order valence-electron chi connectivity index (χ0n) is 11.2. The van der Waals surface area contributed by atoms with Crippen LogP contribution in [0.4, 0.5) is 0 Å². The number of nitrogens with zero attached hydrogens (tertiary/aromatic N) is 1. The Bertz CT molecular complexity index is 423. The zero-order valence-corrected chi connectivity index (χ0v) is 15.2. The van der Waals surface area contributed by atoms with Gasteiger partial charge in [0.1, 0.15) is 0 Å². The van der Waals surface area contributed by atoms with E-state index in [0.717, 1.165) is 18.5 Å². The van der Waals surface area contributed by atoms with Crippen LogP contribution in [0.1, 0.15) is 36.6 Å². The minimum Gasteiger partial charge on any atom is -0.319 e. The van der Waals surface area contributed by atoms with Gasteiger partial charge in [-0.1, -0.05) is 0 Å². The molecule has 2 nitrogen and oxygen atoms in total. The fraction of sp³-hybridized carbons (Fsp3) is 0.714. The van der Waals surface area contributed by atoms with E-state index >= 15 is 0 Å². The maximum atomic E-state index is 3.65. The van der Waals surface area contributed by atoms with Crippen molar-refractivity contribution in [2.45, 2.75) is 37.8 Å². The van der Waals surface area contributed by atoms with Crippen molar-refractivity contribution < 1.29 is 0 Å². The summed E-state index contributed by atoms with van der Waals surface area (Å²) < 4.78 is 2.43. The van der Waals surface area contributed by atoms with Crippen LogP contribution in [0.25, 0.3) is 0 Å². The Balaban J connectivity index is 1.89. The third-order valence-electron chi connectivity index (χ3n) is 4.23. The number of nitrogens with one attached hydrogen (secondary N) is 1. The summed E-state index contributed by atoms with van der Waals surface area (Å²) in [7, 11) is 2.08. The van der Waals surface area contributed by atoms with Crippen molar-refractivity contribution in [3.63, 3.8) is 0 Å². The van der Waals surface area contributed by atoms with Crippen LogP contribution < -0.4 is 5.32 Å². The van der Waals surface area contributed by atoms with Crippen LogP contribution >= 0.6 is 43.2 Å². The lowest BCUT2D eigenvalue weighted by molar-refractivity contribution is 0.0869. The molecule has 1 aromatic rings. The van der Waals surface area contributed by atoms with E-state index in [9.17, 15) is 0 Å². The topological polar surface area (TPSA) is 15.3 Å². The number of halogens is 2. The number of piperidine rings is 1. The van der Waals surface area contributed by atoms with Crippen LogP contribution in [0.15, 0.2) is 14.3 Å². The molecule has 2 heterocycles. The molecule has 0 aromatic carbocycles. The molecule has 2 fully saturated rings. The number of hydrogen-bond acceptors (Lipinski definition) is 3. The molecule has 1 saturated carbocycles. The summed E-state index contributed by atoms with van der Waals surface area (Å²) in [6.45, 7) is 2.41. The van der Waals surface area contributed by atoms with Gasteiger partial charge in [0.25, 0.3) is 0 Å². The number of hydrogen-bond donors (Lipinski definition) is 1. The molecule has 1 saturated heterocycles. The van der Waals surface area contributed by atoms with E-state index in [0.29, 0.717) is 6.04 Å². The second kappa shape index (κ2) is 6.14. The lowest BCUT2D eigenvalue weighted by atomic mass is 9.87. The standard InChI is InChI=1S/C14H20Br2N2S/c1-17-8-9-3-2-6-18(10-4-5-10)13(9)12-7-11(15)14(16)19-12/h7,9-10,13,17H,2-6,8H2,1H3. The van der Waals surface area contributed by atoms with Gasteiger partial charge in [-0.25, -0.2) is 0 Å². The first kappa shape index (κ1) is 14.5. The van der Waals surface area contributed by atoms with Gasteiger partial charge in [0.05, 0.1) is 3.79 Å². The van der Waals surface area contributed by atoms with E-state index in [1.807, 2.05) is 11.3 Å². The van der Waals surface area contributed by atoms with E-state index in [-0.39, 0.29) is 0 Å². The van der Waals surface area contributed by atoms with Gasteiger partial charge in [-0.3, -0.25) is 4.90 Å². The van der Waals surface area contributed by atoms with Crippen LogP contribution in [0, 0.1) is 5.92 Å². The summed E-state index contributed by atoms with van der Waals surface area (Å²) >= 11 is 9.20. The van der Waals surface area contributed by atoms with Crippen molar-refractivity contribution in [1.82, 2.24) is 10.2 Å². The molecule has 2 atom stereocenters. The molecule has 0 spiro atoms. The molecule has 19 heavy (non-hydrogen) atoms. The maximum absolute atomic E-state index is 3.65. The molecule has 2 unspecified atom stereocenters. The molecule has 5 heteroatoms. The van der Waals surface area contributed by atoms with Crippen LogP contribution in [0.5, 0.6) is 0 Å². The lowest BCUT2D eigenvalue weighted by Gasteiger charge is -2.41. The summed E-state index contributed by atoms with van der Waals surface area (Å²) in [5.41, 5.74) is 0. The first-order valence-electron chi connectivity index (χ1n) is 7.05. The monoisotopic (exact) mass is 406 g/mol. The van der Waals surface area contributed by atoms with Crippen molar-refractivity contribution in [2.24, 2.45) is 5.92 Å². The Morgan fingerprint density at radius 2 is 2.16 bits per heavy atom. The summed E-state index contributed by atoms with van der Waals surface area (Å²) in [5, 5.41) is 3.39. The first-order chi connectivity index (χ1) is 9.20. The first-order valence-corrected chi connectivity index (χ1v) is 9.46. The molecule has 2 aliphatic rings. The molecule has 0 bridgehead atoms. The normalized spacial score (nSPS) is 28.8. The van der Waals surface area contributed by atoms with Crippen molar-refractivity contribution >= 4 is 43.2 Å². The van der Waals surface area contributed by atoms with Gasteiger partial charge >= 0.3 is 0 Å². The molecular formula is C14H20Br2N2S. The molecule has 0 radical (unpaired) electrons. The highest BCUT2D eigenvalue weighted by atomic mass is 79.9. The predicted octanol–water partition coefficient (Wildman–Crippen LogP) is 4.41. The number of rotatable bonds is 4. The van der Waals surface area contributed by atoms with Crippen LogP contribution in [0.3, 0.4) is 0 Å².